The van der Waals surface area contributed by atoms with Crippen molar-refractivity contribution in [1.29, 1.82) is 0 Å². The summed E-state index contributed by atoms with van der Waals surface area (Å²) < 4.78 is 2.92. The number of anilines is 1. The van der Waals surface area contributed by atoms with Crippen molar-refractivity contribution < 1.29 is 0 Å². The number of nitrogen functional groups attached to an aromatic ring is 1. The first-order chi connectivity index (χ1) is 9.63. The van der Waals surface area contributed by atoms with Gasteiger partial charge in [0, 0.05) is 6.54 Å². The Morgan fingerprint density at radius 2 is 1.95 bits per heavy atom. The Morgan fingerprint density at radius 3 is 2.60 bits per heavy atom. The van der Waals surface area contributed by atoms with E-state index in [1.54, 1.807) is 28.8 Å². The van der Waals surface area contributed by atoms with Gasteiger partial charge in [-0.3, -0.25) is 9.78 Å². The Labute approximate surface area is 113 Å². The van der Waals surface area contributed by atoms with E-state index in [1.165, 1.54) is 4.57 Å². The fourth-order valence-electron chi connectivity index (χ4n) is 2.28. The quantitative estimate of drug-likeness (QED) is 0.708. The van der Waals surface area contributed by atoms with E-state index >= 15 is 0 Å². The maximum Gasteiger partial charge on any atom is 0.334 e. The second-order valence-electron chi connectivity index (χ2n) is 4.32. The van der Waals surface area contributed by atoms with Crippen LogP contribution in [-0.2, 0) is 6.54 Å². The zero-order valence-corrected chi connectivity index (χ0v) is 10.8. The van der Waals surface area contributed by atoms with Crippen molar-refractivity contribution >= 4 is 17.1 Å². The molecule has 0 aliphatic carbocycles. The number of fused-ring (bicyclic) bond motifs is 1. The summed E-state index contributed by atoms with van der Waals surface area (Å²) in [6, 6.07) is 8.98. The molecule has 0 fully saturated rings. The van der Waals surface area contributed by atoms with Crippen molar-refractivity contribution in [3.05, 3.63) is 51.2 Å². The number of nitrogens with zero attached hydrogens (tertiary/aromatic N) is 3. The second kappa shape index (κ2) is 4.37. The maximum absolute atomic E-state index is 12.1. The van der Waals surface area contributed by atoms with Gasteiger partial charge in [-0.1, -0.05) is 18.2 Å². The number of aromatic amines is 1. The van der Waals surface area contributed by atoms with Crippen LogP contribution in [0.5, 0.6) is 0 Å². The van der Waals surface area contributed by atoms with E-state index in [0.717, 1.165) is 0 Å². The molecule has 0 unspecified atom stereocenters. The number of hydrogen-bond acceptors (Lipinski definition) is 4. The van der Waals surface area contributed by atoms with E-state index in [-0.39, 0.29) is 11.6 Å². The predicted molar refractivity (Wildman–Crippen MR) is 76.0 cm³/mol. The van der Waals surface area contributed by atoms with Gasteiger partial charge in [0.2, 0.25) is 5.95 Å². The maximum atomic E-state index is 12.1. The molecule has 0 saturated carbocycles. The molecule has 3 N–H and O–H groups in total. The Hall–Kier alpha value is -2.83. The van der Waals surface area contributed by atoms with Crippen molar-refractivity contribution in [3.63, 3.8) is 0 Å². The van der Waals surface area contributed by atoms with Crippen LogP contribution in [0.15, 0.2) is 39.9 Å². The highest BCUT2D eigenvalue weighted by molar-refractivity contribution is 5.75. The first-order valence-electron chi connectivity index (χ1n) is 6.20. The fourth-order valence-corrected chi connectivity index (χ4v) is 2.28. The molecule has 0 aliphatic rings. The number of para-hydroxylation sites is 1. The van der Waals surface area contributed by atoms with Crippen LogP contribution in [-0.4, -0.2) is 19.1 Å². The zero-order valence-electron chi connectivity index (χ0n) is 10.8. The Bertz CT molecular complexity index is 889. The van der Waals surface area contributed by atoms with E-state index in [9.17, 15) is 9.59 Å². The Morgan fingerprint density at radius 1 is 1.25 bits per heavy atom. The lowest BCUT2D eigenvalue weighted by Crippen LogP contribution is -2.30. The van der Waals surface area contributed by atoms with Gasteiger partial charge in [-0.2, -0.15) is 4.98 Å². The summed E-state index contributed by atoms with van der Waals surface area (Å²) in [5.74, 6) is 0.211. The Balaban J connectivity index is 2.51. The molecule has 0 radical (unpaired) electrons. The van der Waals surface area contributed by atoms with Crippen molar-refractivity contribution in [2.45, 2.75) is 13.5 Å². The van der Waals surface area contributed by atoms with E-state index in [0.29, 0.717) is 17.7 Å². The lowest BCUT2D eigenvalue weighted by molar-refractivity contribution is 0.793. The lowest BCUT2D eigenvalue weighted by Gasteiger charge is -2.06. The average Bonchev–Trinajstić information content (AvgIpc) is 2.76. The van der Waals surface area contributed by atoms with Gasteiger partial charge in [0.1, 0.15) is 0 Å². The molecule has 0 saturated heterocycles. The van der Waals surface area contributed by atoms with E-state index in [4.69, 9.17) is 5.73 Å². The van der Waals surface area contributed by atoms with Crippen LogP contribution in [0.3, 0.4) is 0 Å². The molecule has 7 heteroatoms. The largest absolute Gasteiger partial charge is 0.369 e. The van der Waals surface area contributed by atoms with Crippen LogP contribution in [0.1, 0.15) is 6.92 Å². The minimum Gasteiger partial charge on any atom is -0.369 e. The molecular formula is C13H13N5O2. The van der Waals surface area contributed by atoms with Gasteiger partial charge in [0.25, 0.3) is 5.56 Å². The fraction of sp³-hybridized carbons (Fsp3) is 0.154. The number of hydrogen-bond donors (Lipinski definition) is 2. The standard InChI is InChI=1S/C13H13N5O2/c1-2-17-9-10(15-12(17)14)18(13(20)16-11(9)19)8-6-4-3-5-7-8/h3-7H,2H2,1H3,(H2,14,15)(H,16,19,20). The van der Waals surface area contributed by atoms with Gasteiger partial charge in [0.15, 0.2) is 11.2 Å². The summed E-state index contributed by atoms with van der Waals surface area (Å²) in [6.45, 7) is 2.35. The van der Waals surface area contributed by atoms with Gasteiger partial charge in [-0.05, 0) is 19.1 Å². The third-order valence-electron chi connectivity index (χ3n) is 3.16. The lowest BCUT2D eigenvalue weighted by atomic mass is 10.3. The number of benzene rings is 1. The second-order valence-corrected chi connectivity index (χ2v) is 4.32. The van der Waals surface area contributed by atoms with Crippen LogP contribution in [0, 0.1) is 0 Å². The number of imidazole rings is 1. The predicted octanol–water partition coefficient (Wildman–Crippen LogP) is 0.478. The first-order valence-corrected chi connectivity index (χ1v) is 6.20. The zero-order chi connectivity index (χ0) is 14.3. The van der Waals surface area contributed by atoms with Crippen LogP contribution < -0.4 is 17.0 Å². The minimum atomic E-state index is -0.533. The SMILES string of the molecule is CCn1c(N)nc2c1c(=O)[nH]c(=O)n2-c1ccccc1. The monoisotopic (exact) mass is 271 g/mol. The normalized spacial score (nSPS) is 11.1. The van der Waals surface area contributed by atoms with Gasteiger partial charge in [-0.25, -0.2) is 9.36 Å². The molecule has 0 spiro atoms. The topological polar surface area (TPSA) is 98.7 Å². The van der Waals surface area contributed by atoms with E-state index in [1.807, 2.05) is 13.0 Å². The summed E-state index contributed by atoms with van der Waals surface area (Å²) in [7, 11) is 0. The molecule has 2 heterocycles. The summed E-state index contributed by atoms with van der Waals surface area (Å²) in [4.78, 5) is 30.5. The molecule has 102 valence electrons. The number of nitrogens with two attached hydrogens (primary N) is 1. The smallest absolute Gasteiger partial charge is 0.334 e. The van der Waals surface area contributed by atoms with Crippen molar-refractivity contribution in [2.75, 3.05) is 5.73 Å². The highest BCUT2D eigenvalue weighted by atomic mass is 16.2. The van der Waals surface area contributed by atoms with Crippen LogP contribution in [0.4, 0.5) is 5.95 Å². The van der Waals surface area contributed by atoms with Gasteiger partial charge in [-0.15, -0.1) is 0 Å². The number of aryl methyl sites for hydroxylation is 1. The molecular weight excluding hydrogens is 258 g/mol. The number of aromatic nitrogens is 4. The van der Waals surface area contributed by atoms with Gasteiger partial charge in [0.05, 0.1) is 5.69 Å². The molecule has 3 aromatic rings. The third kappa shape index (κ3) is 1.63. The summed E-state index contributed by atoms with van der Waals surface area (Å²) in [5, 5.41) is 0. The molecule has 1 aromatic carbocycles. The Kier molecular flexibility index (Phi) is 2.67. The number of H-pyrrole nitrogens is 1. The number of nitrogens with one attached hydrogen (secondary N) is 1. The third-order valence-corrected chi connectivity index (χ3v) is 3.16. The van der Waals surface area contributed by atoms with Gasteiger partial charge < -0.3 is 10.3 Å². The first kappa shape index (κ1) is 12.2. The van der Waals surface area contributed by atoms with Crippen LogP contribution in [0.2, 0.25) is 0 Å². The van der Waals surface area contributed by atoms with E-state index in [2.05, 4.69) is 9.97 Å². The minimum absolute atomic E-state index is 0.211. The summed E-state index contributed by atoms with van der Waals surface area (Å²) in [5.41, 5.74) is 5.99. The highest BCUT2D eigenvalue weighted by Crippen LogP contribution is 2.15. The molecule has 0 aliphatic heterocycles. The summed E-state index contributed by atoms with van der Waals surface area (Å²) in [6.07, 6.45) is 0. The molecule has 3 rings (SSSR count). The molecule has 2 aromatic heterocycles. The van der Waals surface area contributed by atoms with Crippen molar-refractivity contribution in [3.8, 4) is 5.69 Å². The molecule has 0 bridgehead atoms. The number of rotatable bonds is 2. The van der Waals surface area contributed by atoms with Crippen molar-refractivity contribution in [2.24, 2.45) is 0 Å². The summed E-state index contributed by atoms with van der Waals surface area (Å²) >= 11 is 0. The van der Waals surface area contributed by atoms with Crippen LogP contribution >= 0.6 is 0 Å². The van der Waals surface area contributed by atoms with E-state index < -0.39 is 11.2 Å². The van der Waals surface area contributed by atoms with Gasteiger partial charge >= 0.3 is 5.69 Å². The van der Waals surface area contributed by atoms with Crippen molar-refractivity contribution in [1.82, 2.24) is 19.1 Å². The molecule has 0 amide bonds. The molecule has 7 nitrogen and oxygen atoms in total. The molecule has 20 heavy (non-hydrogen) atoms. The molecule has 0 atom stereocenters. The van der Waals surface area contributed by atoms with Crippen LogP contribution in [0.25, 0.3) is 16.9 Å². The average molecular weight is 271 g/mol. The highest BCUT2D eigenvalue weighted by Gasteiger charge is 2.16.